The molecule has 6 nitrogen and oxygen atoms in total. The van der Waals surface area contributed by atoms with E-state index < -0.39 is 0 Å². The first-order valence-electron chi connectivity index (χ1n) is 10.0. The van der Waals surface area contributed by atoms with E-state index in [2.05, 4.69) is 69.6 Å². The number of hydrogen-bond acceptors (Lipinski definition) is 3. The average Bonchev–Trinajstić information content (AvgIpc) is 3.15. The lowest BCUT2D eigenvalue weighted by Gasteiger charge is -2.24. The number of pyridine rings is 1. The van der Waals surface area contributed by atoms with Crippen molar-refractivity contribution in [3.05, 3.63) is 59.5 Å². The summed E-state index contributed by atoms with van der Waals surface area (Å²) in [6, 6.07) is 11.1. The van der Waals surface area contributed by atoms with Crippen molar-refractivity contribution >= 4 is 40.8 Å². The minimum atomic E-state index is 0. The molecule has 1 aliphatic carbocycles. The van der Waals surface area contributed by atoms with Crippen LogP contribution in [0.15, 0.2) is 47.7 Å². The highest BCUT2D eigenvalue weighted by atomic mass is 127. The maximum atomic E-state index is 4.77. The molecular weight excluding hydrogens is 475 g/mol. The molecule has 0 saturated carbocycles. The highest BCUT2D eigenvalue weighted by Crippen LogP contribution is 2.22. The van der Waals surface area contributed by atoms with Crippen LogP contribution >= 0.6 is 24.0 Å². The topological polar surface area (TPSA) is 67.1 Å². The maximum Gasteiger partial charge on any atom is 0.191 e. The number of nitrogens with zero attached hydrogens (tertiary/aromatic N) is 4. The molecule has 2 aromatic heterocycles. The number of aromatic nitrogens is 3. The van der Waals surface area contributed by atoms with Gasteiger partial charge in [-0.1, -0.05) is 24.3 Å². The lowest BCUT2D eigenvalue weighted by molar-refractivity contribution is 0.499. The lowest BCUT2D eigenvalue weighted by Crippen LogP contribution is -2.45. The fourth-order valence-corrected chi connectivity index (χ4v) is 3.78. The number of halogens is 1. The third-order valence-electron chi connectivity index (χ3n) is 5.35. The van der Waals surface area contributed by atoms with E-state index in [0.29, 0.717) is 18.6 Å². The summed E-state index contributed by atoms with van der Waals surface area (Å²) in [6.45, 7) is 5.03. The molecule has 7 heteroatoms. The third kappa shape index (κ3) is 4.88. The minimum absolute atomic E-state index is 0. The summed E-state index contributed by atoms with van der Waals surface area (Å²) in [5.41, 5.74) is 4.81. The summed E-state index contributed by atoms with van der Waals surface area (Å²) >= 11 is 0. The SMILES string of the molecule is CN=C(NCc1cccc2cccnc12)NC1CCc2cn(C(C)C)nc2C1.I. The van der Waals surface area contributed by atoms with Gasteiger partial charge < -0.3 is 10.6 Å². The molecule has 0 fully saturated rings. The Labute approximate surface area is 189 Å². The molecule has 0 saturated heterocycles. The molecule has 1 aliphatic rings. The van der Waals surface area contributed by atoms with Gasteiger partial charge in [-0.3, -0.25) is 14.7 Å². The summed E-state index contributed by atoms with van der Waals surface area (Å²) in [4.78, 5) is 8.95. The number of aliphatic imine (C=N–C) groups is 1. The number of benzene rings is 1. The largest absolute Gasteiger partial charge is 0.353 e. The van der Waals surface area contributed by atoms with E-state index >= 15 is 0 Å². The molecule has 2 heterocycles. The Morgan fingerprint density at radius 1 is 1.28 bits per heavy atom. The van der Waals surface area contributed by atoms with Crippen LogP contribution in [0.4, 0.5) is 0 Å². The Kier molecular flexibility index (Phi) is 7.10. The van der Waals surface area contributed by atoms with Crippen molar-refractivity contribution in [2.75, 3.05) is 7.05 Å². The molecule has 0 spiro atoms. The number of fused-ring (bicyclic) bond motifs is 2. The zero-order chi connectivity index (χ0) is 19.5. The van der Waals surface area contributed by atoms with Crippen molar-refractivity contribution in [1.29, 1.82) is 0 Å². The molecule has 0 bridgehead atoms. The molecule has 2 N–H and O–H groups in total. The molecular formula is C22H29IN6. The van der Waals surface area contributed by atoms with Crippen molar-refractivity contribution in [2.24, 2.45) is 4.99 Å². The zero-order valence-electron chi connectivity index (χ0n) is 17.2. The number of guanidine groups is 1. The molecule has 0 radical (unpaired) electrons. The number of para-hydroxylation sites is 1. The van der Waals surface area contributed by atoms with Gasteiger partial charge in [-0.05, 0) is 43.9 Å². The average molecular weight is 504 g/mol. The predicted octanol–water partition coefficient (Wildman–Crippen LogP) is 3.85. The number of rotatable bonds is 4. The summed E-state index contributed by atoms with van der Waals surface area (Å²) in [7, 11) is 1.82. The Hall–Kier alpha value is -2.16. The van der Waals surface area contributed by atoms with Crippen molar-refractivity contribution in [3.63, 3.8) is 0 Å². The molecule has 1 atom stereocenters. The third-order valence-corrected chi connectivity index (χ3v) is 5.35. The fourth-order valence-electron chi connectivity index (χ4n) is 3.78. The fraction of sp³-hybridized carbons (Fsp3) is 0.409. The van der Waals surface area contributed by atoms with E-state index in [1.165, 1.54) is 16.8 Å². The Morgan fingerprint density at radius 3 is 2.90 bits per heavy atom. The second-order valence-electron chi connectivity index (χ2n) is 7.68. The standard InChI is InChI=1S/C22H28N6.HI/c1-15(2)28-14-18-9-10-19(12-20(18)27-28)26-22(23-3)25-13-17-7-4-6-16-8-5-11-24-21(16)17;/h4-8,11,14-15,19H,9-10,12-13H2,1-3H3,(H2,23,25,26);1H. The van der Waals surface area contributed by atoms with E-state index in [-0.39, 0.29) is 24.0 Å². The molecule has 0 amide bonds. The minimum Gasteiger partial charge on any atom is -0.353 e. The first-order chi connectivity index (χ1) is 13.6. The van der Waals surface area contributed by atoms with Crippen LogP contribution in [0.2, 0.25) is 0 Å². The van der Waals surface area contributed by atoms with Crippen LogP contribution in [0.25, 0.3) is 10.9 Å². The first kappa shape index (κ1) is 21.5. The van der Waals surface area contributed by atoms with Gasteiger partial charge >= 0.3 is 0 Å². The number of nitrogens with one attached hydrogen (secondary N) is 2. The van der Waals surface area contributed by atoms with E-state index in [9.17, 15) is 0 Å². The quantitative estimate of drug-likeness (QED) is 0.322. The smallest absolute Gasteiger partial charge is 0.191 e. The predicted molar refractivity (Wildman–Crippen MR) is 129 cm³/mol. The van der Waals surface area contributed by atoms with Gasteiger partial charge in [-0.25, -0.2) is 0 Å². The van der Waals surface area contributed by atoms with Crippen molar-refractivity contribution < 1.29 is 0 Å². The van der Waals surface area contributed by atoms with Crippen LogP contribution in [0.1, 0.15) is 43.1 Å². The van der Waals surface area contributed by atoms with Crippen LogP contribution in [0.5, 0.6) is 0 Å². The van der Waals surface area contributed by atoms with E-state index in [1.54, 1.807) is 0 Å². The normalized spacial score (nSPS) is 16.4. The second kappa shape index (κ2) is 9.56. The summed E-state index contributed by atoms with van der Waals surface area (Å²) in [5.74, 6) is 0.824. The number of aryl methyl sites for hydroxylation is 1. The lowest BCUT2D eigenvalue weighted by atomic mass is 9.94. The van der Waals surface area contributed by atoms with Crippen LogP contribution < -0.4 is 10.6 Å². The Morgan fingerprint density at radius 2 is 2.10 bits per heavy atom. The maximum absolute atomic E-state index is 4.77. The Bertz CT molecular complexity index is 989. The van der Waals surface area contributed by atoms with Crippen molar-refractivity contribution in [3.8, 4) is 0 Å². The highest BCUT2D eigenvalue weighted by molar-refractivity contribution is 14.0. The van der Waals surface area contributed by atoms with E-state index in [4.69, 9.17) is 5.10 Å². The van der Waals surface area contributed by atoms with E-state index in [0.717, 1.165) is 36.1 Å². The van der Waals surface area contributed by atoms with Gasteiger partial charge in [0, 0.05) is 49.9 Å². The molecule has 154 valence electrons. The van der Waals surface area contributed by atoms with Gasteiger partial charge in [0.05, 0.1) is 11.2 Å². The summed E-state index contributed by atoms with van der Waals surface area (Å²) in [5, 5.41) is 12.9. The molecule has 3 aromatic rings. The van der Waals surface area contributed by atoms with Crippen LogP contribution in [-0.4, -0.2) is 33.8 Å². The van der Waals surface area contributed by atoms with Crippen LogP contribution in [0, 0.1) is 0 Å². The van der Waals surface area contributed by atoms with Gasteiger partial charge in [-0.15, -0.1) is 24.0 Å². The summed E-state index contributed by atoms with van der Waals surface area (Å²) < 4.78 is 2.08. The van der Waals surface area contributed by atoms with Gasteiger partial charge in [-0.2, -0.15) is 5.10 Å². The molecule has 1 aromatic carbocycles. The monoisotopic (exact) mass is 504 g/mol. The van der Waals surface area contributed by atoms with Crippen LogP contribution in [0.3, 0.4) is 0 Å². The zero-order valence-corrected chi connectivity index (χ0v) is 19.6. The molecule has 29 heavy (non-hydrogen) atoms. The first-order valence-corrected chi connectivity index (χ1v) is 10.0. The van der Waals surface area contributed by atoms with Gasteiger partial charge in [0.15, 0.2) is 5.96 Å². The van der Waals surface area contributed by atoms with E-state index in [1.807, 2.05) is 19.3 Å². The van der Waals surface area contributed by atoms with Crippen molar-refractivity contribution in [2.45, 2.75) is 51.7 Å². The Balaban J connectivity index is 0.00000240. The molecule has 4 rings (SSSR count). The molecule has 1 unspecified atom stereocenters. The van der Waals surface area contributed by atoms with Crippen LogP contribution in [-0.2, 0) is 19.4 Å². The molecule has 0 aliphatic heterocycles. The number of hydrogen-bond donors (Lipinski definition) is 2. The second-order valence-corrected chi connectivity index (χ2v) is 7.68. The highest BCUT2D eigenvalue weighted by Gasteiger charge is 2.23. The van der Waals surface area contributed by atoms with Crippen molar-refractivity contribution in [1.82, 2.24) is 25.4 Å². The van der Waals surface area contributed by atoms with Gasteiger partial charge in [0.1, 0.15) is 0 Å². The van der Waals surface area contributed by atoms with Gasteiger partial charge in [0.25, 0.3) is 0 Å². The summed E-state index contributed by atoms with van der Waals surface area (Å²) in [6.07, 6.45) is 7.13. The van der Waals surface area contributed by atoms with Gasteiger partial charge in [0.2, 0.25) is 0 Å².